The van der Waals surface area contributed by atoms with E-state index in [2.05, 4.69) is 15.0 Å². The molecule has 0 aliphatic carbocycles. The number of aryl methyl sites for hydroxylation is 1. The number of imidazole rings is 1. The summed E-state index contributed by atoms with van der Waals surface area (Å²) in [6.45, 7) is 7.81. The van der Waals surface area contributed by atoms with Gasteiger partial charge in [-0.15, -0.1) is 0 Å². The summed E-state index contributed by atoms with van der Waals surface area (Å²) in [6.07, 6.45) is 2.25. The zero-order valence-electron chi connectivity index (χ0n) is 22.7. The lowest BCUT2D eigenvalue weighted by Gasteiger charge is -2.34. The normalized spacial score (nSPS) is 19.1. The summed E-state index contributed by atoms with van der Waals surface area (Å²) in [5, 5.41) is 12.5. The highest BCUT2D eigenvalue weighted by atomic mass is 32.2. The molecule has 2 heterocycles. The van der Waals surface area contributed by atoms with Crippen LogP contribution >= 0.6 is 0 Å². The van der Waals surface area contributed by atoms with Crippen molar-refractivity contribution in [2.24, 2.45) is 13.0 Å². The number of ether oxygens (including phenoxy) is 1. The number of nitrogens with one attached hydrogen (secondary N) is 2. The van der Waals surface area contributed by atoms with Crippen LogP contribution in [0.2, 0.25) is 0 Å². The Morgan fingerprint density at radius 1 is 1.32 bits per heavy atom. The van der Waals surface area contributed by atoms with Crippen LogP contribution in [0.15, 0.2) is 35.7 Å². The minimum absolute atomic E-state index is 0.0312. The topological polar surface area (TPSA) is 146 Å². The second-order valence-electron chi connectivity index (χ2n) is 10.2. The summed E-state index contributed by atoms with van der Waals surface area (Å²) in [6, 6.07) is 4.05. The number of nitrogens with zero attached hydrogens (tertiary/aromatic N) is 4. The van der Waals surface area contributed by atoms with Crippen molar-refractivity contribution < 1.29 is 27.9 Å². The smallest absolute Gasteiger partial charge is 0.317 e. The Morgan fingerprint density at radius 3 is 2.63 bits per heavy atom. The third kappa shape index (κ3) is 7.16. The number of aliphatic hydroxyl groups is 1. The molecule has 1 aromatic heterocycles. The number of hydrogen-bond acceptors (Lipinski definition) is 7. The van der Waals surface area contributed by atoms with Gasteiger partial charge in [0.05, 0.1) is 31.9 Å². The fourth-order valence-electron chi connectivity index (χ4n) is 4.16. The summed E-state index contributed by atoms with van der Waals surface area (Å²) in [7, 11) is -0.594. The molecule has 0 fully saturated rings. The van der Waals surface area contributed by atoms with Gasteiger partial charge in [-0.05, 0) is 39.0 Å². The summed E-state index contributed by atoms with van der Waals surface area (Å²) in [5.74, 6) is 0.0160. The molecule has 1 aromatic carbocycles. The van der Waals surface area contributed by atoms with Gasteiger partial charge in [0.15, 0.2) is 5.03 Å². The summed E-state index contributed by atoms with van der Waals surface area (Å²) in [5.41, 5.74) is 0.740. The number of carbonyl (C=O) groups excluding carboxylic acids is 2. The molecule has 1 aliphatic heterocycles. The predicted octanol–water partition coefficient (Wildman–Crippen LogP) is 1.42. The molecule has 0 radical (unpaired) electrons. The SMILES string of the molecule is CC(C)NC(=O)N(C)C[C@H]1Oc2ccc(NS(=O)(=O)c3cn(C)cn3)cc2CC(=O)N([C@H](C)CO)C[C@H]1C. The molecule has 0 saturated heterocycles. The number of aliphatic hydroxyl groups excluding tert-OH is 1. The van der Waals surface area contributed by atoms with Crippen LogP contribution in [0, 0.1) is 5.92 Å². The first kappa shape index (κ1) is 29.2. The van der Waals surface area contributed by atoms with Crippen molar-refractivity contribution in [2.75, 3.05) is 31.5 Å². The fraction of sp³-hybridized carbons (Fsp3) is 0.560. The molecule has 3 N–H and O–H groups in total. The molecular weight excluding hydrogens is 512 g/mol. The van der Waals surface area contributed by atoms with Crippen molar-refractivity contribution in [2.45, 2.75) is 57.3 Å². The van der Waals surface area contributed by atoms with E-state index < -0.39 is 22.2 Å². The molecular formula is C25H38N6O6S. The monoisotopic (exact) mass is 550 g/mol. The van der Waals surface area contributed by atoms with E-state index in [4.69, 9.17) is 4.74 Å². The Hall–Kier alpha value is -3.32. The highest BCUT2D eigenvalue weighted by Crippen LogP contribution is 2.30. The molecule has 3 atom stereocenters. The maximum atomic E-state index is 13.3. The average Bonchev–Trinajstić information content (AvgIpc) is 3.30. The Bertz CT molecular complexity index is 1250. The molecule has 12 nitrogen and oxygen atoms in total. The third-order valence-corrected chi connectivity index (χ3v) is 7.60. The number of amides is 3. The van der Waals surface area contributed by atoms with Crippen LogP contribution in [0.5, 0.6) is 5.75 Å². The number of aromatic nitrogens is 2. The van der Waals surface area contributed by atoms with Gasteiger partial charge in [-0.1, -0.05) is 6.92 Å². The van der Waals surface area contributed by atoms with Crippen LogP contribution in [-0.2, 0) is 28.3 Å². The molecule has 2 aromatic rings. The highest BCUT2D eigenvalue weighted by Gasteiger charge is 2.32. The predicted molar refractivity (Wildman–Crippen MR) is 142 cm³/mol. The van der Waals surface area contributed by atoms with E-state index in [0.717, 1.165) is 0 Å². The molecule has 0 bridgehead atoms. The summed E-state index contributed by atoms with van der Waals surface area (Å²) >= 11 is 0. The first-order valence-electron chi connectivity index (χ1n) is 12.5. The van der Waals surface area contributed by atoms with Gasteiger partial charge in [-0.25, -0.2) is 9.78 Å². The number of likely N-dealkylation sites (N-methyl/N-ethyl adjacent to an activating group) is 1. The second-order valence-corrected chi connectivity index (χ2v) is 11.8. The van der Waals surface area contributed by atoms with Crippen molar-refractivity contribution in [3.8, 4) is 5.75 Å². The summed E-state index contributed by atoms with van der Waals surface area (Å²) < 4.78 is 36.0. The summed E-state index contributed by atoms with van der Waals surface area (Å²) in [4.78, 5) is 32.9. The van der Waals surface area contributed by atoms with Crippen LogP contribution in [0.25, 0.3) is 0 Å². The fourth-order valence-corrected chi connectivity index (χ4v) is 5.19. The van der Waals surface area contributed by atoms with Gasteiger partial charge in [-0.3, -0.25) is 9.52 Å². The lowest BCUT2D eigenvalue weighted by molar-refractivity contribution is -0.134. The van der Waals surface area contributed by atoms with Gasteiger partial charge in [-0.2, -0.15) is 8.42 Å². The molecule has 210 valence electrons. The maximum absolute atomic E-state index is 13.3. The third-order valence-electron chi connectivity index (χ3n) is 6.34. The lowest BCUT2D eigenvalue weighted by Crippen LogP contribution is -2.49. The number of anilines is 1. The Morgan fingerprint density at radius 2 is 2.03 bits per heavy atom. The number of hydrogen-bond donors (Lipinski definition) is 3. The first-order valence-corrected chi connectivity index (χ1v) is 14.0. The van der Waals surface area contributed by atoms with E-state index in [9.17, 15) is 23.1 Å². The molecule has 3 amide bonds. The Kier molecular flexibility index (Phi) is 9.26. The van der Waals surface area contributed by atoms with Crippen molar-refractivity contribution in [1.29, 1.82) is 0 Å². The first-order chi connectivity index (χ1) is 17.8. The van der Waals surface area contributed by atoms with Gasteiger partial charge >= 0.3 is 6.03 Å². The van der Waals surface area contributed by atoms with Crippen molar-refractivity contribution in [3.05, 3.63) is 36.3 Å². The number of carbonyl (C=O) groups is 2. The van der Waals surface area contributed by atoms with Gasteiger partial charge < -0.3 is 29.5 Å². The van der Waals surface area contributed by atoms with E-state index >= 15 is 0 Å². The largest absolute Gasteiger partial charge is 0.488 e. The Balaban J connectivity index is 1.95. The minimum Gasteiger partial charge on any atom is -0.488 e. The van der Waals surface area contributed by atoms with E-state index in [1.807, 2.05) is 20.8 Å². The standard InChI is InChI=1S/C25H38N6O6S/c1-16(2)27-25(34)30(6)12-22-17(3)11-31(18(4)14-32)24(33)10-19-9-20(7-8-21(19)37-22)28-38(35,36)23-13-29(5)15-26-23/h7-9,13,15-18,22,28,32H,10-12,14H2,1-6H3,(H,27,34)/t17-,18-,22-/m1/s1. The van der Waals surface area contributed by atoms with Gasteiger partial charge in [0.25, 0.3) is 10.0 Å². The maximum Gasteiger partial charge on any atom is 0.317 e. The van der Waals surface area contributed by atoms with Gasteiger partial charge in [0, 0.05) is 50.0 Å². The number of fused-ring (bicyclic) bond motifs is 1. The van der Waals surface area contributed by atoms with Crippen molar-refractivity contribution in [3.63, 3.8) is 0 Å². The molecule has 3 rings (SSSR count). The molecule has 38 heavy (non-hydrogen) atoms. The highest BCUT2D eigenvalue weighted by molar-refractivity contribution is 7.92. The average molecular weight is 551 g/mol. The molecule has 1 aliphatic rings. The second kappa shape index (κ2) is 12.0. The zero-order valence-corrected chi connectivity index (χ0v) is 23.5. The van der Waals surface area contributed by atoms with Crippen molar-refractivity contribution >= 4 is 27.6 Å². The van der Waals surface area contributed by atoms with Gasteiger partial charge in [0.1, 0.15) is 11.9 Å². The van der Waals surface area contributed by atoms with E-state index in [1.165, 1.54) is 22.0 Å². The van der Waals surface area contributed by atoms with Gasteiger partial charge in [0.2, 0.25) is 5.91 Å². The number of benzene rings is 1. The molecule has 0 saturated carbocycles. The molecule has 0 spiro atoms. The molecule has 13 heteroatoms. The van der Waals surface area contributed by atoms with E-state index in [1.54, 1.807) is 44.1 Å². The van der Waals surface area contributed by atoms with Crippen LogP contribution in [0.3, 0.4) is 0 Å². The zero-order chi connectivity index (χ0) is 28.2. The molecule has 0 unspecified atom stereocenters. The number of rotatable bonds is 8. The van der Waals surface area contributed by atoms with Crippen molar-refractivity contribution in [1.82, 2.24) is 24.7 Å². The Labute approximate surface area is 224 Å². The minimum atomic E-state index is -3.94. The van der Waals surface area contributed by atoms with Crippen LogP contribution in [0.1, 0.15) is 33.3 Å². The van der Waals surface area contributed by atoms with E-state index in [-0.39, 0.29) is 54.2 Å². The van der Waals surface area contributed by atoms with Crippen LogP contribution in [0.4, 0.5) is 10.5 Å². The number of urea groups is 1. The van der Waals surface area contributed by atoms with E-state index in [0.29, 0.717) is 17.9 Å². The van der Waals surface area contributed by atoms with Crippen LogP contribution < -0.4 is 14.8 Å². The van der Waals surface area contributed by atoms with Crippen LogP contribution in [-0.4, -0.2) is 89.7 Å². The number of sulfonamides is 1. The lowest BCUT2D eigenvalue weighted by atomic mass is 10.0. The quantitative estimate of drug-likeness (QED) is 0.451.